The summed E-state index contributed by atoms with van der Waals surface area (Å²) in [5, 5.41) is 0. The van der Waals surface area contributed by atoms with Gasteiger partial charge in [0.1, 0.15) is 6.29 Å². The summed E-state index contributed by atoms with van der Waals surface area (Å²) in [5.41, 5.74) is 2.75. The standard InChI is InChI=1S/C12H13BrO/c1-8(7-14)9-5-6-11-10(9)3-2-4-12(11)13/h2-4,7-9H,5-6H2,1H3. The molecule has 0 heterocycles. The van der Waals surface area contributed by atoms with Crippen LogP contribution < -0.4 is 0 Å². The maximum Gasteiger partial charge on any atom is 0.123 e. The molecule has 0 bridgehead atoms. The molecule has 0 amide bonds. The van der Waals surface area contributed by atoms with Crippen LogP contribution in [-0.4, -0.2) is 6.29 Å². The molecule has 0 aliphatic heterocycles. The Morgan fingerprint density at radius 2 is 2.36 bits per heavy atom. The van der Waals surface area contributed by atoms with Crippen LogP contribution in [0.3, 0.4) is 0 Å². The van der Waals surface area contributed by atoms with Gasteiger partial charge in [-0.15, -0.1) is 0 Å². The van der Waals surface area contributed by atoms with Crippen molar-refractivity contribution in [1.82, 2.24) is 0 Å². The molecule has 2 unspecified atom stereocenters. The van der Waals surface area contributed by atoms with Crippen molar-refractivity contribution < 1.29 is 4.79 Å². The molecule has 0 spiro atoms. The summed E-state index contributed by atoms with van der Waals surface area (Å²) in [5.74, 6) is 0.575. The third-order valence-corrected chi connectivity index (χ3v) is 3.85. The SMILES string of the molecule is CC(C=O)C1CCc2c(Br)cccc21. The molecule has 0 aromatic heterocycles. The number of aldehydes is 1. The Labute approximate surface area is 92.6 Å². The van der Waals surface area contributed by atoms with E-state index in [-0.39, 0.29) is 5.92 Å². The van der Waals surface area contributed by atoms with Crippen LogP contribution in [0.15, 0.2) is 22.7 Å². The second kappa shape index (κ2) is 3.85. The summed E-state index contributed by atoms with van der Waals surface area (Å²) in [6, 6.07) is 6.28. The number of rotatable bonds is 2. The fraction of sp³-hybridized carbons (Fsp3) is 0.417. The highest BCUT2D eigenvalue weighted by Gasteiger charge is 2.27. The molecule has 1 aromatic carbocycles. The fourth-order valence-electron chi connectivity index (χ4n) is 2.28. The first-order chi connectivity index (χ1) is 6.74. The lowest BCUT2D eigenvalue weighted by molar-refractivity contribution is -0.111. The number of carbonyl (C=O) groups excluding carboxylic acids is 1. The Kier molecular flexibility index (Phi) is 2.73. The van der Waals surface area contributed by atoms with Crippen molar-refractivity contribution >= 4 is 22.2 Å². The Morgan fingerprint density at radius 1 is 1.57 bits per heavy atom. The van der Waals surface area contributed by atoms with Crippen molar-refractivity contribution in [3.05, 3.63) is 33.8 Å². The van der Waals surface area contributed by atoms with Crippen LogP contribution in [0.5, 0.6) is 0 Å². The van der Waals surface area contributed by atoms with Gasteiger partial charge in [-0.3, -0.25) is 0 Å². The molecule has 2 rings (SSSR count). The van der Waals surface area contributed by atoms with Gasteiger partial charge < -0.3 is 4.79 Å². The highest BCUT2D eigenvalue weighted by atomic mass is 79.9. The summed E-state index contributed by atoms with van der Waals surface area (Å²) in [6.45, 7) is 2.01. The molecule has 1 aliphatic rings. The first kappa shape index (κ1) is 9.91. The zero-order valence-electron chi connectivity index (χ0n) is 8.16. The first-order valence-electron chi connectivity index (χ1n) is 4.96. The summed E-state index contributed by atoms with van der Waals surface area (Å²) < 4.78 is 1.19. The van der Waals surface area contributed by atoms with Gasteiger partial charge in [0.2, 0.25) is 0 Å². The van der Waals surface area contributed by atoms with Gasteiger partial charge in [-0.1, -0.05) is 35.0 Å². The van der Waals surface area contributed by atoms with E-state index in [2.05, 4.69) is 34.1 Å². The lowest BCUT2D eigenvalue weighted by Gasteiger charge is -2.14. The maximum atomic E-state index is 10.8. The van der Waals surface area contributed by atoms with Crippen molar-refractivity contribution in [2.24, 2.45) is 5.92 Å². The Hall–Kier alpha value is -0.630. The molecular formula is C12H13BrO. The monoisotopic (exact) mass is 252 g/mol. The van der Waals surface area contributed by atoms with Gasteiger partial charge >= 0.3 is 0 Å². The number of fused-ring (bicyclic) bond motifs is 1. The first-order valence-corrected chi connectivity index (χ1v) is 5.76. The van der Waals surface area contributed by atoms with Gasteiger partial charge in [0, 0.05) is 10.4 Å². The molecule has 2 heteroatoms. The zero-order chi connectivity index (χ0) is 10.1. The third-order valence-electron chi connectivity index (χ3n) is 3.11. The minimum absolute atomic E-state index is 0.144. The molecule has 0 saturated heterocycles. The van der Waals surface area contributed by atoms with Gasteiger partial charge in [0.15, 0.2) is 0 Å². The van der Waals surface area contributed by atoms with Crippen molar-refractivity contribution in [2.75, 3.05) is 0 Å². The van der Waals surface area contributed by atoms with Crippen molar-refractivity contribution in [2.45, 2.75) is 25.7 Å². The topological polar surface area (TPSA) is 17.1 Å². The van der Waals surface area contributed by atoms with Crippen LogP contribution in [0.1, 0.15) is 30.4 Å². The van der Waals surface area contributed by atoms with Crippen molar-refractivity contribution in [3.8, 4) is 0 Å². The fourth-order valence-corrected chi connectivity index (χ4v) is 2.86. The zero-order valence-corrected chi connectivity index (χ0v) is 9.75. The van der Waals surface area contributed by atoms with Crippen LogP contribution >= 0.6 is 15.9 Å². The highest BCUT2D eigenvalue weighted by Crippen LogP contribution is 2.40. The summed E-state index contributed by atoms with van der Waals surface area (Å²) in [7, 11) is 0. The van der Waals surface area contributed by atoms with Crippen molar-refractivity contribution in [3.63, 3.8) is 0 Å². The van der Waals surface area contributed by atoms with E-state index in [0.717, 1.165) is 19.1 Å². The summed E-state index contributed by atoms with van der Waals surface area (Å²) in [4.78, 5) is 10.8. The van der Waals surface area contributed by atoms with Gasteiger partial charge in [0.25, 0.3) is 0 Å². The number of halogens is 1. The minimum Gasteiger partial charge on any atom is -0.303 e. The van der Waals surface area contributed by atoms with E-state index in [9.17, 15) is 4.79 Å². The smallest absolute Gasteiger partial charge is 0.123 e. The minimum atomic E-state index is 0.144. The largest absolute Gasteiger partial charge is 0.303 e. The Morgan fingerprint density at radius 3 is 3.07 bits per heavy atom. The molecule has 0 saturated carbocycles. The van der Waals surface area contributed by atoms with E-state index in [4.69, 9.17) is 0 Å². The summed E-state index contributed by atoms with van der Waals surface area (Å²) in [6.07, 6.45) is 3.28. The molecule has 1 aliphatic carbocycles. The molecule has 0 N–H and O–H groups in total. The van der Waals surface area contributed by atoms with Crippen LogP contribution in [0, 0.1) is 5.92 Å². The average Bonchev–Trinajstić information content (AvgIpc) is 2.62. The third kappa shape index (κ3) is 1.52. The van der Waals surface area contributed by atoms with Gasteiger partial charge in [0.05, 0.1) is 0 Å². The van der Waals surface area contributed by atoms with Gasteiger partial charge in [-0.25, -0.2) is 0 Å². The van der Waals surface area contributed by atoms with E-state index in [1.165, 1.54) is 15.6 Å². The number of benzene rings is 1. The van der Waals surface area contributed by atoms with E-state index < -0.39 is 0 Å². The highest BCUT2D eigenvalue weighted by molar-refractivity contribution is 9.10. The molecule has 1 aromatic rings. The van der Waals surface area contributed by atoms with E-state index >= 15 is 0 Å². The van der Waals surface area contributed by atoms with Gasteiger partial charge in [-0.05, 0) is 36.0 Å². The Balaban J connectivity index is 2.39. The predicted molar refractivity (Wildman–Crippen MR) is 60.4 cm³/mol. The van der Waals surface area contributed by atoms with E-state index in [1.807, 2.05) is 6.92 Å². The number of hydrogen-bond acceptors (Lipinski definition) is 1. The quantitative estimate of drug-likeness (QED) is 0.739. The molecule has 0 fully saturated rings. The number of hydrogen-bond donors (Lipinski definition) is 0. The van der Waals surface area contributed by atoms with E-state index in [0.29, 0.717) is 5.92 Å². The number of carbonyl (C=O) groups is 1. The second-order valence-corrected chi connectivity index (χ2v) is 4.80. The molecule has 74 valence electrons. The molecule has 1 nitrogen and oxygen atoms in total. The predicted octanol–water partition coefficient (Wildman–Crippen LogP) is 3.31. The molecule has 0 radical (unpaired) electrons. The molecule has 14 heavy (non-hydrogen) atoms. The van der Waals surface area contributed by atoms with Crippen molar-refractivity contribution in [1.29, 1.82) is 0 Å². The van der Waals surface area contributed by atoms with Crippen LogP contribution in [0.2, 0.25) is 0 Å². The maximum absolute atomic E-state index is 10.8. The van der Waals surface area contributed by atoms with Crippen LogP contribution in [0.25, 0.3) is 0 Å². The normalized spacial score (nSPS) is 21.7. The lowest BCUT2D eigenvalue weighted by Crippen LogP contribution is -2.07. The second-order valence-electron chi connectivity index (χ2n) is 3.95. The van der Waals surface area contributed by atoms with Gasteiger partial charge in [-0.2, -0.15) is 0 Å². The molecule has 2 atom stereocenters. The lowest BCUT2D eigenvalue weighted by atomic mass is 9.90. The average molecular weight is 253 g/mol. The van der Waals surface area contributed by atoms with E-state index in [1.54, 1.807) is 0 Å². The molecular weight excluding hydrogens is 240 g/mol. The van der Waals surface area contributed by atoms with Crippen LogP contribution in [0.4, 0.5) is 0 Å². The van der Waals surface area contributed by atoms with Crippen LogP contribution in [-0.2, 0) is 11.2 Å². The summed E-state index contributed by atoms with van der Waals surface area (Å²) >= 11 is 3.56. The Bertz CT molecular complexity index is 359.